The first kappa shape index (κ1) is 24.9. The van der Waals surface area contributed by atoms with Crippen molar-refractivity contribution in [3.05, 3.63) is 92.4 Å². The van der Waals surface area contributed by atoms with Gasteiger partial charge in [0.1, 0.15) is 11.5 Å². The summed E-state index contributed by atoms with van der Waals surface area (Å²) in [6, 6.07) is 15.4. The number of nitrogens with zero attached hydrogens (tertiary/aromatic N) is 1. The molecule has 1 fully saturated rings. The second-order valence-electron chi connectivity index (χ2n) is 7.62. The number of ketones is 1. The molecule has 3 aromatic carbocycles. The topological polar surface area (TPSA) is 76.1 Å². The highest BCUT2D eigenvalue weighted by molar-refractivity contribution is 6.52. The van der Waals surface area contributed by atoms with Crippen LogP contribution < -0.4 is 14.4 Å². The minimum atomic E-state index is -0.925. The zero-order valence-electron chi connectivity index (χ0n) is 18.7. The Hall–Kier alpha value is -3.19. The summed E-state index contributed by atoms with van der Waals surface area (Å²) in [6.07, 6.45) is 0. The molecule has 3 aromatic rings. The largest absolute Gasteiger partial charge is 0.507 e. The van der Waals surface area contributed by atoms with Crippen LogP contribution in [-0.2, 0) is 9.59 Å². The predicted octanol–water partition coefficient (Wildman–Crippen LogP) is 6.68. The summed E-state index contributed by atoms with van der Waals surface area (Å²) in [5.41, 5.74) is 1.10. The monoisotopic (exact) mass is 531 g/mol. The first-order chi connectivity index (χ1) is 16.8. The number of rotatable bonds is 6. The van der Waals surface area contributed by atoms with E-state index in [-0.39, 0.29) is 26.9 Å². The van der Waals surface area contributed by atoms with Crippen molar-refractivity contribution < 1.29 is 24.2 Å². The van der Waals surface area contributed by atoms with Crippen molar-refractivity contribution in [1.82, 2.24) is 0 Å². The number of anilines is 1. The van der Waals surface area contributed by atoms with Crippen molar-refractivity contribution in [3.8, 4) is 11.5 Å². The molecule has 0 bridgehead atoms. The van der Waals surface area contributed by atoms with Crippen LogP contribution in [0.4, 0.5) is 5.69 Å². The van der Waals surface area contributed by atoms with Crippen LogP contribution in [0.3, 0.4) is 0 Å². The molecule has 0 spiro atoms. The van der Waals surface area contributed by atoms with E-state index in [1.54, 1.807) is 48.5 Å². The summed E-state index contributed by atoms with van der Waals surface area (Å²) in [5.74, 6) is -1.19. The normalized spacial score (nSPS) is 17.1. The Morgan fingerprint density at radius 2 is 1.57 bits per heavy atom. The van der Waals surface area contributed by atoms with Crippen molar-refractivity contribution in [2.45, 2.75) is 13.0 Å². The van der Waals surface area contributed by atoms with Gasteiger partial charge in [0.05, 0.1) is 35.4 Å². The van der Waals surface area contributed by atoms with Crippen molar-refractivity contribution in [1.29, 1.82) is 0 Å². The number of amides is 1. The van der Waals surface area contributed by atoms with Gasteiger partial charge in [-0.2, -0.15) is 0 Å². The minimum absolute atomic E-state index is 0.105. The fourth-order valence-corrected chi connectivity index (χ4v) is 4.74. The summed E-state index contributed by atoms with van der Waals surface area (Å²) in [5, 5.41) is 12.0. The number of Topliss-reactive ketones (excluding diaryl/α,β-unsaturated/α-hetero) is 1. The number of ether oxygens (including phenoxy) is 2. The fraction of sp³-hybridized carbons (Fsp3) is 0.154. The van der Waals surface area contributed by atoms with E-state index < -0.39 is 23.5 Å². The maximum atomic E-state index is 13.3. The Labute approximate surface area is 217 Å². The molecule has 35 heavy (non-hydrogen) atoms. The molecule has 0 saturated carbocycles. The number of hydrogen-bond donors (Lipinski definition) is 1. The number of benzene rings is 3. The van der Waals surface area contributed by atoms with E-state index in [2.05, 4.69) is 0 Å². The molecular weight excluding hydrogens is 513 g/mol. The average Bonchev–Trinajstić information content (AvgIpc) is 3.10. The van der Waals surface area contributed by atoms with E-state index in [0.717, 1.165) is 0 Å². The summed E-state index contributed by atoms with van der Waals surface area (Å²) >= 11 is 18.5. The van der Waals surface area contributed by atoms with Gasteiger partial charge in [0.2, 0.25) is 0 Å². The lowest BCUT2D eigenvalue weighted by molar-refractivity contribution is -0.132. The van der Waals surface area contributed by atoms with Crippen LogP contribution in [0.1, 0.15) is 24.1 Å². The number of carbonyl (C=O) groups is 2. The van der Waals surface area contributed by atoms with Crippen molar-refractivity contribution in [2.75, 3.05) is 18.6 Å². The first-order valence-electron chi connectivity index (χ1n) is 10.6. The van der Waals surface area contributed by atoms with Gasteiger partial charge in [-0.1, -0.05) is 46.9 Å². The second-order valence-corrected chi connectivity index (χ2v) is 8.87. The highest BCUT2D eigenvalue weighted by atomic mass is 35.5. The SMILES string of the molecule is CCOc1ccc(C2/C(=C(\O)c3cc(Cl)c(OC)c(Cl)c3)C(=O)C(=O)N2c2ccc(Cl)cc2)cc1. The van der Waals surface area contributed by atoms with Crippen LogP contribution in [0.25, 0.3) is 5.76 Å². The number of aliphatic hydroxyl groups excluding tert-OH is 1. The molecular formula is C26H20Cl3NO5. The van der Waals surface area contributed by atoms with Crippen molar-refractivity contribution >= 4 is 57.9 Å². The van der Waals surface area contributed by atoms with E-state index >= 15 is 0 Å². The van der Waals surface area contributed by atoms with Crippen LogP contribution in [0, 0.1) is 0 Å². The van der Waals surface area contributed by atoms with Gasteiger partial charge < -0.3 is 14.6 Å². The number of aliphatic hydroxyl groups is 1. The second kappa shape index (κ2) is 10.2. The minimum Gasteiger partial charge on any atom is -0.507 e. The van der Waals surface area contributed by atoms with Gasteiger partial charge in [-0.3, -0.25) is 14.5 Å². The molecule has 4 rings (SSSR count). The lowest BCUT2D eigenvalue weighted by atomic mass is 9.95. The molecule has 1 atom stereocenters. The highest BCUT2D eigenvalue weighted by Gasteiger charge is 2.47. The van der Waals surface area contributed by atoms with Crippen LogP contribution in [-0.4, -0.2) is 30.5 Å². The maximum absolute atomic E-state index is 13.3. The molecule has 6 nitrogen and oxygen atoms in total. The Balaban J connectivity index is 1.92. The molecule has 1 unspecified atom stereocenters. The quantitative estimate of drug-likeness (QED) is 0.218. The number of carbonyl (C=O) groups excluding carboxylic acids is 2. The Morgan fingerprint density at radius 1 is 0.971 bits per heavy atom. The standard InChI is InChI=1S/C26H20Cl3NO5/c1-3-35-18-10-4-14(5-11-18)22-21(23(31)15-12-19(28)25(34-2)20(29)13-15)24(32)26(33)30(22)17-8-6-16(27)7-9-17/h4-13,22,31H,3H2,1-2H3/b23-21+. The van der Waals surface area contributed by atoms with Gasteiger partial charge in [0, 0.05) is 16.3 Å². The zero-order chi connectivity index (χ0) is 25.3. The van der Waals surface area contributed by atoms with Crippen LogP contribution in [0.2, 0.25) is 15.1 Å². The summed E-state index contributed by atoms with van der Waals surface area (Å²) in [6.45, 7) is 2.36. The van der Waals surface area contributed by atoms with Crippen LogP contribution in [0.5, 0.6) is 11.5 Å². The molecule has 0 aromatic heterocycles. The van der Waals surface area contributed by atoms with E-state index in [1.807, 2.05) is 6.92 Å². The summed E-state index contributed by atoms with van der Waals surface area (Å²) in [4.78, 5) is 27.8. The van der Waals surface area contributed by atoms with Gasteiger partial charge >= 0.3 is 0 Å². The molecule has 1 N–H and O–H groups in total. The van der Waals surface area contributed by atoms with E-state index in [4.69, 9.17) is 44.3 Å². The van der Waals surface area contributed by atoms with E-state index in [9.17, 15) is 14.7 Å². The predicted molar refractivity (Wildman–Crippen MR) is 137 cm³/mol. The zero-order valence-corrected chi connectivity index (χ0v) is 21.0. The Morgan fingerprint density at radius 3 is 2.11 bits per heavy atom. The third-order valence-corrected chi connectivity index (χ3v) is 6.35. The molecule has 1 saturated heterocycles. The molecule has 0 aliphatic carbocycles. The smallest absolute Gasteiger partial charge is 0.300 e. The van der Waals surface area contributed by atoms with Gasteiger partial charge in [-0.25, -0.2) is 0 Å². The van der Waals surface area contributed by atoms with E-state index in [0.29, 0.717) is 28.6 Å². The molecule has 1 amide bonds. The van der Waals surface area contributed by atoms with Crippen LogP contribution >= 0.6 is 34.8 Å². The van der Waals surface area contributed by atoms with Crippen LogP contribution in [0.15, 0.2) is 66.2 Å². The van der Waals surface area contributed by atoms with Crippen molar-refractivity contribution in [3.63, 3.8) is 0 Å². The summed E-state index contributed by atoms with van der Waals surface area (Å²) in [7, 11) is 1.41. The van der Waals surface area contributed by atoms with Crippen molar-refractivity contribution in [2.24, 2.45) is 0 Å². The highest BCUT2D eigenvalue weighted by Crippen LogP contribution is 2.44. The lowest BCUT2D eigenvalue weighted by Gasteiger charge is -2.25. The number of halogens is 3. The van der Waals surface area contributed by atoms with Gasteiger partial charge in [-0.15, -0.1) is 0 Å². The number of hydrogen-bond acceptors (Lipinski definition) is 5. The molecule has 180 valence electrons. The summed E-state index contributed by atoms with van der Waals surface area (Å²) < 4.78 is 10.7. The lowest BCUT2D eigenvalue weighted by Crippen LogP contribution is -2.29. The van der Waals surface area contributed by atoms with Gasteiger partial charge in [0.25, 0.3) is 11.7 Å². The van der Waals surface area contributed by atoms with Gasteiger partial charge in [0.15, 0.2) is 5.75 Å². The molecule has 1 aliphatic rings. The maximum Gasteiger partial charge on any atom is 0.300 e. The Kier molecular flexibility index (Phi) is 7.26. The number of methoxy groups -OCH3 is 1. The average molecular weight is 533 g/mol. The third-order valence-electron chi connectivity index (χ3n) is 5.53. The molecule has 1 heterocycles. The molecule has 1 aliphatic heterocycles. The fourth-order valence-electron chi connectivity index (χ4n) is 3.98. The van der Waals surface area contributed by atoms with E-state index in [1.165, 1.54) is 24.1 Å². The third kappa shape index (κ3) is 4.69. The first-order valence-corrected chi connectivity index (χ1v) is 11.7. The van der Waals surface area contributed by atoms with Gasteiger partial charge in [-0.05, 0) is 61.0 Å². The molecule has 9 heteroatoms. The Bertz CT molecular complexity index is 1300. The molecule has 0 radical (unpaired) electrons.